The van der Waals surface area contributed by atoms with Gasteiger partial charge in [-0.3, -0.25) is 0 Å². The van der Waals surface area contributed by atoms with E-state index in [4.69, 9.17) is 4.74 Å². The van der Waals surface area contributed by atoms with Crippen LogP contribution in [0.3, 0.4) is 0 Å². The van der Waals surface area contributed by atoms with Crippen molar-refractivity contribution in [3.8, 4) is 0 Å². The smallest absolute Gasteiger partial charge is 0.237 e. The molecule has 1 saturated heterocycles. The van der Waals surface area contributed by atoms with Gasteiger partial charge in [-0.15, -0.1) is 5.79 Å². The summed E-state index contributed by atoms with van der Waals surface area (Å²) in [5.41, 5.74) is 0. The maximum Gasteiger partial charge on any atom is 0.237 e. The van der Waals surface area contributed by atoms with E-state index in [-0.39, 0.29) is 15.2 Å². The lowest BCUT2D eigenvalue weighted by atomic mass is 10.2. The van der Waals surface area contributed by atoms with Crippen molar-refractivity contribution in [1.29, 1.82) is 0 Å². The van der Waals surface area contributed by atoms with Crippen LogP contribution in [0.4, 0.5) is 0 Å². The molecule has 8 heavy (non-hydrogen) atoms. The van der Waals surface area contributed by atoms with Crippen LogP contribution in [0.15, 0.2) is 0 Å². The molecule has 0 spiro atoms. The molecule has 46 valence electrons. The fraction of sp³-hybridized carbons (Fsp3) is 1.00. The predicted octanol–water partition coefficient (Wildman–Crippen LogP) is 1.07. The maximum atomic E-state index is 5.22. The van der Waals surface area contributed by atoms with Gasteiger partial charge in [0.2, 0.25) is 15.2 Å². The molecular weight excluding hydrogens is 115 g/mol. The van der Waals surface area contributed by atoms with Gasteiger partial charge < -0.3 is 4.74 Å². The van der Waals surface area contributed by atoms with Crippen LogP contribution < -0.4 is 0 Å². The largest absolute Gasteiger partial charge is 0.382 e. The molecule has 1 aliphatic rings. The van der Waals surface area contributed by atoms with E-state index in [0.717, 1.165) is 18.0 Å². The Labute approximate surface area is 57.1 Å². The number of ether oxygens (including phenoxy) is 1. The van der Waals surface area contributed by atoms with Crippen LogP contribution in [0, 0.1) is 0 Å². The first-order valence-corrected chi connectivity index (χ1v) is 5.74. The molecule has 0 aromatic heterocycles. The molecule has 0 amide bonds. The normalized spacial score (nSPS) is 23.1. The van der Waals surface area contributed by atoms with Crippen molar-refractivity contribution in [2.75, 3.05) is 13.2 Å². The summed E-state index contributed by atoms with van der Waals surface area (Å²) in [7, 11) is 0. The first kappa shape index (κ1) is 6.61. The number of hydrogen-bond acceptors (Lipinski definition) is 1. The van der Waals surface area contributed by atoms with Gasteiger partial charge in [0.15, 0.2) is 0 Å². The average molecular weight is 128 g/mol. The Morgan fingerprint density at radius 1 is 1.38 bits per heavy atom. The Morgan fingerprint density at radius 3 is 2.38 bits per heavy atom. The first-order chi connectivity index (χ1) is 3.93. The number of rotatable bonds is 1. The molecule has 1 heterocycles. The van der Waals surface area contributed by atoms with E-state index in [2.05, 4.69) is 5.79 Å². The molecule has 0 aliphatic carbocycles. The summed E-state index contributed by atoms with van der Waals surface area (Å²) in [6.45, 7) is 2.07. The molecule has 1 fully saturated rings. The van der Waals surface area contributed by atoms with Gasteiger partial charge in [0.25, 0.3) is 0 Å². The predicted molar refractivity (Wildman–Crippen MR) is 36.8 cm³/mol. The standard InChI is InChI=1S/C5H9O.CH3.Al.H/c1-2-4-6-5-3-1;;;/h1H,2-5H2;1H3;;. The lowest BCUT2D eigenvalue weighted by Crippen LogP contribution is -2.14. The second kappa shape index (κ2) is 3.50. The molecule has 0 atom stereocenters. The summed E-state index contributed by atoms with van der Waals surface area (Å²) in [5.74, 6) is 2.40. The Hall–Kier alpha value is 0.492. The van der Waals surface area contributed by atoms with E-state index in [1.807, 2.05) is 0 Å². The Morgan fingerprint density at radius 2 is 2.00 bits per heavy atom. The van der Waals surface area contributed by atoms with Crippen molar-refractivity contribution in [3.05, 3.63) is 0 Å². The van der Waals surface area contributed by atoms with Crippen LogP contribution in [0.2, 0.25) is 10.6 Å². The van der Waals surface area contributed by atoms with Crippen molar-refractivity contribution in [2.45, 2.75) is 23.4 Å². The molecule has 0 saturated carbocycles. The fourth-order valence-corrected chi connectivity index (χ4v) is 2.30. The van der Waals surface area contributed by atoms with E-state index >= 15 is 0 Å². The summed E-state index contributed by atoms with van der Waals surface area (Å²) in [4.78, 5) is 0. The zero-order chi connectivity index (χ0) is 5.82. The molecule has 2 heteroatoms. The highest BCUT2D eigenvalue weighted by Gasteiger charge is 2.11. The second-order valence-electron chi connectivity index (χ2n) is 2.46. The second-order valence-corrected chi connectivity index (χ2v) is 4.44. The van der Waals surface area contributed by atoms with Gasteiger partial charge in [-0.05, 0) is 12.8 Å². The minimum absolute atomic E-state index is 0.288. The summed E-state index contributed by atoms with van der Waals surface area (Å²) in [6.07, 6.45) is 2.70. The van der Waals surface area contributed by atoms with Crippen LogP contribution in [-0.2, 0) is 4.74 Å². The van der Waals surface area contributed by atoms with Gasteiger partial charge in [0, 0.05) is 13.2 Å². The van der Waals surface area contributed by atoms with E-state index in [1.165, 1.54) is 12.8 Å². The quantitative estimate of drug-likeness (QED) is 0.480. The zero-order valence-corrected chi connectivity index (χ0v) is 6.94. The fourth-order valence-electron chi connectivity index (χ4n) is 1.15. The molecule has 0 unspecified atom stereocenters. The van der Waals surface area contributed by atoms with E-state index in [9.17, 15) is 0 Å². The van der Waals surface area contributed by atoms with Crippen molar-refractivity contribution in [1.82, 2.24) is 0 Å². The maximum absolute atomic E-state index is 5.22. The third-order valence-corrected chi connectivity index (χ3v) is 3.89. The SMILES string of the molecule is [CH3][AlH][CH]1CCOCC1. The monoisotopic (exact) mass is 128 g/mol. The van der Waals surface area contributed by atoms with Crippen LogP contribution in [-0.4, -0.2) is 28.4 Å². The molecule has 0 aromatic rings. The lowest BCUT2D eigenvalue weighted by Gasteiger charge is -2.19. The Balaban J connectivity index is 2.13. The van der Waals surface area contributed by atoms with E-state index in [0.29, 0.717) is 0 Å². The van der Waals surface area contributed by atoms with Crippen LogP contribution in [0.25, 0.3) is 0 Å². The zero-order valence-electron chi connectivity index (χ0n) is 5.52. The minimum atomic E-state index is 0.288. The van der Waals surface area contributed by atoms with Gasteiger partial charge in [0.1, 0.15) is 0 Å². The Bertz CT molecular complexity index is 59.5. The summed E-state index contributed by atoms with van der Waals surface area (Å²) in [6, 6.07) is 0. The summed E-state index contributed by atoms with van der Waals surface area (Å²) < 4.78 is 6.32. The van der Waals surface area contributed by atoms with Crippen LogP contribution in [0.5, 0.6) is 0 Å². The molecule has 0 N–H and O–H groups in total. The molecule has 1 rings (SSSR count). The van der Waals surface area contributed by atoms with Crippen molar-refractivity contribution in [2.24, 2.45) is 0 Å². The Kier molecular flexibility index (Phi) is 2.90. The van der Waals surface area contributed by atoms with E-state index in [1.54, 1.807) is 0 Å². The van der Waals surface area contributed by atoms with Crippen molar-refractivity contribution in [3.63, 3.8) is 0 Å². The third-order valence-electron chi connectivity index (χ3n) is 1.92. The highest BCUT2D eigenvalue weighted by atomic mass is 27.1. The summed E-state index contributed by atoms with van der Waals surface area (Å²) >= 11 is 0.288. The van der Waals surface area contributed by atoms with Gasteiger partial charge in [-0.2, -0.15) is 0 Å². The van der Waals surface area contributed by atoms with Crippen molar-refractivity contribution < 1.29 is 4.74 Å². The first-order valence-electron chi connectivity index (χ1n) is 3.51. The molecule has 1 nitrogen and oxygen atoms in total. The third kappa shape index (κ3) is 1.78. The minimum Gasteiger partial charge on any atom is -0.382 e. The molecular formula is C6H13AlO. The topological polar surface area (TPSA) is 9.23 Å². The highest BCUT2D eigenvalue weighted by molar-refractivity contribution is 6.35. The number of hydrogen-bond donors (Lipinski definition) is 0. The highest BCUT2D eigenvalue weighted by Crippen LogP contribution is 2.18. The molecule has 0 radical (unpaired) electrons. The van der Waals surface area contributed by atoms with Gasteiger partial charge in [-0.1, -0.05) is 4.78 Å². The average Bonchev–Trinajstić information content (AvgIpc) is 1.90. The molecule has 0 aromatic carbocycles. The van der Waals surface area contributed by atoms with Crippen molar-refractivity contribution >= 4 is 15.2 Å². The van der Waals surface area contributed by atoms with Crippen LogP contribution in [0.1, 0.15) is 12.8 Å². The van der Waals surface area contributed by atoms with E-state index < -0.39 is 0 Å². The molecule has 1 aliphatic heterocycles. The van der Waals surface area contributed by atoms with Gasteiger partial charge >= 0.3 is 0 Å². The van der Waals surface area contributed by atoms with Gasteiger partial charge in [0.05, 0.1) is 0 Å². The lowest BCUT2D eigenvalue weighted by molar-refractivity contribution is 0.0969. The summed E-state index contributed by atoms with van der Waals surface area (Å²) in [5, 5.41) is 0. The van der Waals surface area contributed by atoms with Gasteiger partial charge in [-0.25, -0.2) is 0 Å². The van der Waals surface area contributed by atoms with Crippen LogP contribution >= 0.6 is 0 Å². The molecule has 0 bridgehead atoms.